The quantitative estimate of drug-likeness (QED) is 0.558. The Labute approximate surface area is 167 Å². The second-order valence-electron chi connectivity index (χ2n) is 6.63. The van der Waals surface area contributed by atoms with Crippen LogP contribution in [0.1, 0.15) is 32.5 Å². The van der Waals surface area contributed by atoms with Crippen LogP contribution in [-0.4, -0.2) is 27.5 Å². The molecule has 0 spiro atoms. The zero-order valence-corrected chi connectivity index (χ0v) is 16.6. The number of nitrogens with zero attached hydrogens (tertiary/aromatic N) is 3. The first-order valence-corrected chi connectivity index (χ1v) is 9.72. The molecule has 4 nitrogen and oxygen atoms in total. The molecule has 3 rings (SSSR count). The van der Waals surface area contributed by atoms with Crippen molar-refractivity contribution in [2.45, 2.75) is 33.2 Å². The number of halogens is 3. The molecule has 0 saturated carbocycles. The highest BCUT2D eigenvalue weighted by molar-refractivity contribution is 6.32. The van der Waals surface area contributed by atoms with Crippen LogP contribution in [0, 0.1) is 11.6 Å². The molecule has 0 saturated heterocycles. The number of fused-ring (bicyclic) bond motifs is 1. The summed E-state index contributed by atoms with van der Waals surface area (Å²) in [5, 5.41) is 0.178. The van der Waals surface area contributed by atoms with Gasteiger partial charge in [0.2, 0.25) is 0 Å². The number of hydrogen-bond donors (Lipinski definition) is 0. The van der Waals surface area contributed by atoms with Gasteiger partial charge in [0.15, 0.2) is 5.82 Å². The fraction of sp³-hybridized carbons (Fsp3) is 0.333. The molecule has 0 amide bonds. The van der Waals surface area contributed by atoms with E-state index in [1.54, 1.807) is 24.3 Å². The van der Waals surface area contributed by atoms with Crippen LogP contribution in [0.4, 0.5) is 8.78 Å². The van der Waals surface area contributed by atoms with Gasteiger partial charge < -0.3 is 0 Å². The van der Waals surface area contributed by atoms with E-state index in [4.69, 9.17) is 11.6 Å². The van der Waals surface area contributed by atoms with Crippen molar-refractivity contribution in [2.75, 3.05) is 13.1 Å². The Morgan fingerprint density at radius 2 is 1.93 bits per heavy atom. The first kappa shape index (κ1) is 20.4. The maximum absolute atomic E-state index is 14.7. The maximum atomic E-state index is 14.7. The summed E-state index contributed by atoms with van der Waals surface area (Å²) >= 11 is 6.14. The zero-order chi connectivity index (χ0) is 20.3. The molecule has 0 atom stereocenters. The predicted molar refractivity (Wildman–Crippen MR) is 108 cm³/mol. The first-order valence-electron chi connectivity index (χ1n) is 9.34. The molecule has 0 bridgehead atoms. The third-order valence-corrected chi connectivity index (χ3v) is 4.98. The average molecular weight is 406 g/mol. The van der Waals surface area contributed by atoms with Crippen molar-refractivity contribution in [1.82, 2.24) is 14.5 Å². The van der Waals surface area contributed by atoms with E-state index in [1.165, 1.54) is 4.57 Å². The number of aromatic nitrogens is 2. The lowest BCUT2D eigenvalue weighted by Crippen LogP contribution is -2.31. The normalized spacial score (nSPS) is 11.5. The van der Waals surface area contributed by atoms with Crippen LogP contribution >= 0.6 is 11.6 Å². The van der Waals surface area contributed by atoms with E-state index >= 15 is 0 Å². The minimum absolute atomic E-state index is 0.172. The van der Waals surface area contributed by atoms with Gasteiger partial charge in [0, 0.05) is 6.07 Å². The SMILES string of the molecule is CCCCN(CC)Cc1nc2ccccc2c(=O)n1-c1c(F)cc(F)cc1Cl. The minimum Gasteiger partial charge on any atom is -0.296 e. The van der Waals surface area contributed by atoms with Crippen molar-refractivity contribution in [3.05, 3.63) is 69.2 Å². The molecular weight excluding hydrogens is 384 g/mol. The highest BCUT2D eigenvalue weighted by Gasteiger charge is 2.20. The second-order valence-corrected chi connectivity index (χ2v) is 7.03. The van der Waals surface area contributed by atoms with Gasteiger partial charge in [-0.3, -0.25) is 14.3 Å². The third-order valence-electron chi connectivity index (χ3n) is 4.69. The Bertz CT molecular complexity index is 1030. The lowest BCUT2D eigenvalue weighted by Gasteiger charge is -2.22. The Kier molecular flexibility index (Phi) is 6.42. The van der Waals surface area contributed by atoms with Gasteiger partial charge in [-0.15, -0.1) is 0 Å². The molecule has 3 aromatic rings. The summed E-state index contributed by atoms with van der Waals surface area (Å²) in [6.45, 7) is 6.05. The molecule has 1 heterocycles. The van der Waals surface area contributed by atoms with Crippen LogP contribution in [0.5, 0.6) is 0 Å². The van der Waals surface area contributed by atoms with Gasteiger partial charge in [0.1, 0.15) is 17.3 Å². The van der Waals surface area contributed by atoms with Crippen molar-refractivity contribution in [3.8, 4) is 5.69 Å². The van der Waals surface area contributed by atoms with Crippen molar-refractivity contribution < 1.29 is 8.78 Å². The summed E-state index contributed by atoms with van der Waals surface area (Å²) in [6, 6.07) is 8.62. The van der Waals surface area contributed by atoms with Crippen LogP contribution in [0.3, 0.4) is 0 Å². The summed E-state index contributed by atoms with van der Waals surface area (Å²) in [4.78, 5) is 20.0. The van der Waals surface area contributed by atoms with E-state index in [-0.39, 0.29) is 10.7 Å². The van der Waals surface area contributed by atoms with E-state index < -0.39 is 17.2 Å². The maximum Gasteiger partial charge on any atom is 0.266 e. The molecule has 28 heavy (non-hydrogen) atoms. The van der Waals surface area contributed by atoms with Gasteiger partial charge in [-0.2, -0.15) is 0 Å². The topological polar surface area (TPSA) is 38.1 Å². The van der Waals surface area contributed by atoms with Gasteiger partial charge >= 0.3 is 0 Å². The Hall–Kier alpha value is -2.31. The van der Waals surface area contributed by atoms with Crippen molar-refractivity contribution in [2.24, 2.45) is 0 Å². The lowest BCUT2D eigenvalue weighted by molar-refractivity contribution is 0.266. The molecule has 0 aliphatic heterocycles. The van der Waals surface area contributed by atoms with E-state index in [0.717, 1.165) is 38.1 Å². The molecule has 1 aromatic heterocycles. The fourth-order valence-electron chi connectivity index (χ4n) is 3.19. The zero-order valence-electron chi connectivity index (χ0n) is 15.9. The number of rotatable bonds is 7. The molecule has 0 N–H and O–H groups in total. The minimum atomic E-state index is -0.901. The molecule has 0 radical (unpaired) electrons. The molecule has 0 aliphatic rings. The first-order chi connectivity index (χ1) is 13.5. The van der Waals surface area contributed by atoms with E-state index in [9.17, 15) is 13.6 Å². The van der Waals surface area contributed by atoms with Crippen LogP contribution in [0.2, 0.25) is 5.02 Å². The van der Waals surface area contributed by atoms with Crippen LogP contribution in [0.25, 0.3) is 16.6 Å². The van der Waals surface area contributed by atoms with Crippen molar-refractivity contribution in [3.63, 3.8) is 0 Å². The van der Waals surface area contributed by atoms with Crippen molar-refractivity contribution >= 4 is 22.5 Å². The average Bonchev–Trinajstić information content (AvgIpc) is 2.66. The Balaban J connectivity index is 2.25. The smallest absolute Gasteiger partial charge is 0.266 e. The summed E-state index contributed by atoms with van der Waals surface area (Å²) < 4.78 is 29.4. The summed E-state index contributed by atoms with van der Waals surface area (Å²) in [6.07, 6.45) is 2.03. The second kappa shape index (κ2) is 8.80. The van der Waals surface area contributed by atoms with Gasteiger partial charge in [-0.05, 0) is 37.7 Å². The molecular formula is C21H22ClF2N3O. The van der Waals surface area contributed by atoms with E-state index in [2.05, 4.69) is 16.8 Å². The van der Waals surface area contributed by atoms with E-state index in [0.29, 0.717) is 23.3 Å². The summed E-state index contributed by atoms with van der Waals surface area (Å²) in [5.74, 6) is -1.33. The van der Waals surface area contributed by atoms with Crippen LogP contribution < -0.4 is 5.56 Å². The number of hydrogen-bond acceptors (Lipinski definition) is 3. The molecule has 0 aliphatic carbocycles. The summed E-state index contributed by atoms with van der Waals surface area (Å²) in [5.41, 5.74) is -0.0728. The predicted octanol–water partition coefficient (Wildman–Crippen LogP) is 4.94. The Morgan fingerprint density at radius 3 is 2.61 bits per heavy atom. The molecule has 148 valence electrons. The number of unbranched alkanes of at least 4 members (excludes halogenated alkanes) is 1. The highest BCUT2D eigenvalue weighted by atomic mass is 35.5. The molecule has 0 fully saturated rings. The standard InChI is InChI=1S/C21H22ClF2N3O/c1-3-5-10-26(4-2)13-19-25-18-9-7-6-8-15(18)21(28)27(19)20-16(22)11-14(23)12-17(20)24/h6-9,11-12H,3-5,10,13H2,1-2H3. The van der Waals surface area contributed by atoms with E-state index in [1.807, 2.05) is 6.92 Å². The lowest BCUT2D eigenvalue weighted by atomic mass is 10.2. The monoisotopic (exact) mass is 405 g/mol. The van der Waals surface area contributed by atoms with Crippen LogP contribution in [-0.2, 0) is 6.54 Å². The third kappa shape index (κ3) is 4.08. The fourth-order valence-corrected chi connectivity index (χ4v) is 3.47. The van der Waals surface area contributed by atoms with Gasteiger partial charge in [-0.25, -0.2) is 13.8 Å². The summed E-state index contributed by atoms with van der Waals surface area (Å²) in [7, 11) is 0. The van der Waals surface area contributed by atoms with Gasteiger partial charge in [0.25, 0.3) is 5.56 Å². The number of benzene rings is 2. The van der Waals surface area contributed by atoms with Crippen molar-refractivity contribution in [1.29, 1.82) is 0 Å². The Morgan fingerprint density at radius 1 is 1.18 bits per heavy atom. The molecule has 0 unspecified atom stereocenters. The van der Waals surface area contributed by atoms with Gasteiger partial charge in [0.05, 0.1) is 22.5 Å². The van der Waals surface area contributed by atoms with Gasteiger partial charge in [-0.1, -0.05) is 44.0 Å². The molecule has 7 heteroatoms. The largest absolute Gasteiger partial charge is 0.296 e. The van der Waals surface area contributed by atoms with Crippen LogP contribution in [0.15, 0.2) is 41.2 Å². The number of para-hydroxylation sites is 1. The molecule has 2 aromatic carbocycles. The highest BCUT2D eigenvalue weighted by Crippen LogP contribution is 2.26.